The fraction of sp³-hybridized carbons (Fsp3) is 0.857. The van der Waals surface area contributed by atoms with Crippen molar-refractivity contribution in [1.29, 1.82) is 0 Å². The predicted octanol–water partition coefficient (Wildman–Crippen LogP) is 5.84. The van der Waals surface area contributed by atoms with E-state index in [0.29, 0.717) is 41.9 Å². The number of carbonyl (C=O) groups is 2. The molecule has 6 rings (SSSR count). The number of carbonyl (C=O) groups excluding carboxylic acids is 2. The molecule has 304 valence electrons. The van der Waals surface area contributed by atoms with Gasteiger partial charge in [0.2, 0.25) is 0 Å². The van der Waals surface area contributed by atoms with E-state index < -0.39 is 18.7 Å². The number of methoxy groups -OCH3 is 3. The van der Waals surface area contributed by atoms with Crippen LogP contribution in [0.4, 0.5) is 0 Å². The standard InChI is InChI=1S/C25H36O3.C9H18O5.C8H17NO2/c1-4-17-9-6-5-8-15(2)25(27)23-13-21-19-11-7-10-18(19)16(3)12-20(21)22(23)14-24(26)28-17;1-5-6(11-2)7(12-3)8(13-4)9(10)14-5;1-6-7(9(2)3)4-5-8(10)11-6/h12-13,15,17-22H,4-11,14H2,1-3H3;5-10H,1-4H3;6-8,10H,4-5H2,1-3H3/t15-,17?,18?,19?,20?,21?,22?;;/m1../s1. The lowest BCUT2D eigenvalue weighted by atomic mass is 9.67. The summed E-state index contributed by atoms with van der Waals surface area (Å²) in [4.78, 5) is 28.3. The zero-order valence-electron chi connectivity index (χ0n) is 34.2. The molecule has 3 aliphatic heterocycles. The number of aliphatic hydroxyl groups excluding tert-OH is 2. The number of hydrogen-bond acceptors (Lipinski definition) is 11. The molecule has 4 fully saturated rings. The van der Waals surface area contributed by atoms with Crippen molar-refractivity contribution in [3.8, 4) is 0 Å². The van der Waals surface area contributed by atoms with Crippen molar-refractivity contribution in [3.63, 3.8) is 0 Å². The van der Waals surface area contributed by atoms with Gasteiger partial charge in [-0.25, -0.2) is 0 Å². The van der Waals surface area contributed by atoms with Crippen LogP contribution in [0.1, 0.15) is 105 Å². The second kappa shape index (κ2) is 20.5. The number of fused-ring (bicyclic) bond motifs is 5. The monoisotopic (exact) mass is 750 g/mol. The summed E-state index contributed by atoms with van der Waals surface area (Å²) in [6.07, 6.45) is 12.9. The molecule has 11 nitrogen and oxygen atoms in total. The summed E-state index contributed by atoms with van der Waals surface area (Å²) < 4.78 is 32.0. The Morgan fingerprint density at radius 2 is 1.45 bits per heavy atom. The number of esters is 1. The smallest absolute Gasteiger partial charge is 0.306 e. The minimum absolute atomic E-state index is 0.0147. The van der Waals surface area contributed by atoms with Crippen LogP contribution >= 0.6 is 0 Å². The van der Waals surface area contributed by atoms with E-state index in [1.807, 2.05) is 27.9 Å². The highest BCUT2D eigenvalue weighted by Gasteiger charge is 2.49. The lowest BCUT2D eigenvalue weighted by Crippen LogP contribution is -2.58. The molecule has 1 saturated carbocycles. The average Bonchev–Trinajstić information content (AvgIpc) is 3.75. The number of ether oxygens (including phenoxy) is 6. The molecule has 53 heavy (non-hydrogen) atoms. The van der Waals surface area contributed by atoms with Gasteiger partial charge in [-0.15, -0.1) is 0 Å². The van der Waals surface area contributed by atoms with Crippen molar-refractivity contribution in [1.82, 2.24) is 4.90 Å². The van der Waals surface area contributed by atoms with Crippen LogP contribution in [0, 0.1) is 35.5 Å². The average molecular weight is 750 g/mol. The van der Waals surface area contributed by atoms with Gasteiger partial charge in [-0.3, -0.25) is 9.59 Å². The molecule has 14 unspecified atom stereocenters. The van der Waals surface area contributed by atoms with Gasteiger partial charge in [-0.05, 0) is 115 Å². The SMILES string of the molecule is CC1OC(O)CCC1N(C)C.CCC1CCCC[C@@H](C)C(=O)C2=CC3C(C=C(C)C4CCCC43)C2CC(=O)O1.COC1C(C)OC(O)C(OC)C1OC. The predicted molar refractivity (Wildman–Crippen MR) is 203 cm³/mol. The Balaban J connectivity index is 0.000000208. The number of rotatable bonds is 5. The van der Waals surface area contributed by atoms with Gasteiger partial charge in [0.15, 0.2) is 18.4 Å². The molecule has 0 spiro atoms. The van der Waals surface area contributed by atoms with E-state index in [-0.39, 0.29) is 48.3 Å². The number of cyclic esters (lactones) is 1. The Kier molecular flexibility index (Phi) is 17.0. The second-order valence-electron chi connectivity index (χ2n) is 16.5. The number of aliphatic hydroxyl groups is 2. The third kappa shape index (κ3) is 10.8. The highest BCUT2D eigenvalue weighted by molar-refractivity contribution is 5.98. The van der Waals surface area contributed by atoms with Gasteiger partial charge in [0.05, 0.1) is 18.6 Å². The summed E-state index contributed by atoms with van der Waals surface area (Å²) >= 11 is 0. The van der Waals surface area contributed by atoms with Crippen LogP contribution in [0.2, 0.25) is 0 Å². The van der Waals surface area contributed by atoms with Gasteiger partial charge in [0, 0.05) is 39.2 Å². The zero-order chi connectivity index (χ0) is 39.0. The molecule has 0 radical (unpaired) electrons. The largest absolute Gasteiger partial charge is 0.462 e. The number of Topliss-reactive ketones (excluding diaryl/α,β-unsaturated/α-hetero) is 1. The van der Waals surface area contributed by atoms with Gasteiger partial charge >= 0.3 is 5.97 Å². The number of ketones is 1. The second-order valence-corrected chi connectivity index (χ2v) is 16.5. The molecule has 0 aromatic heterocycles. The van der Waals surface area contributed by atoms with Crippen molar-refractivity contribution in [3.05, 3.63) is 23.3 Å². The lowest BCUT2D eigenvalue weighted by Gasteiger charge is -2.41. The van der Waals surface area contributed by atoms with E-state index in [1.165, 1.54) is 31.9 Å². The van der Waals surface area contributed by atoms with Crippen molar-refractivity contribution >= 4 is 11.8 Å². The first kappa shape index (κ1) is 44.0. The summed E-state index contributed by atoms with van der Waals surface area (Å²) in [7, 11) is 8.74. The first-order valence-corrected chi connectivity index (χ1v) is 20.3. The van der Waals surface area contributed by atoms with Crippen LogP contribution in [0.5, 0.6) is 0 Å². The first-order valence-electron chi connectivity index (χ1n) is 20.3. The molecule has 0 amide bonds. The molecule has 11 heteroatoms. The minimum Gasteiger partial charge on any atom is -0.462 e. The van der Waals surface area contributed by atoms with Crippen molar-refractivity contribution in [2.45, 2.75) is 160 Å². The molecule has 3 saturated heterocycles. The fourth-order valence-corrected chi connectivity index (χ4v) is 9.97. The normalized spacial score (nSPS) is 41.8. The summed E-state index contributed by atoms with van der Waals surface area (Å²) in [6.45, 7) is 10.3. The summed E-state index contributed by atoms with van der Waals surface area (Å²) in [5, 5.41) is 18.7. The van der Waals surface area contributed by atoms with Crippen molar-refractivity contribution in [2.24, 2.45) is 35.5 Å². The Morgan fingerprint density at radius 3 is 2.08 bits per heavy atom. The Hall–Kier alpha value is -1.70. The molecule has 6 aliphatic rings. The first-order chi connectivity index (χ1) is 25.3. The van der Waals surface area contributed by atoms with Crippen LogP contribution < -0.4 is 0 Å². The van der Waals surface area contributed by atoms with E-state index in [4.69, 9.17) is 33.5 Å². The number of allylic oxidation sites excluding steroid dienone is 4. The summed E-state index contributed by atoms with van der Waals surface area (Å²) in [5.74, 6) is 2.35. The number of nitrogens with zero attached hydrogens (tertiary/aromatic N) is 1. The summed E-state index contributed by atoms with van der Waals surface area (Å²) in [5.41, 5.74) is 2.44. The maximum absolute atomic E-state index is 13.3. The maximum atomic E-state index is 13.3. The van der Waals surface area contributed by atoms with Gasteiger partial charge in [-0.1, -0.05) is 44.4 Å². The van der Waals surface area contributed by atoms with Crippen molar-refractivity contribution < 1.29 is 48.2 Å². The van der Waals surface area contributed by atoms with Crippen LogP contribution in [0.3, 0.4) is 0 Å². The van der Waals surface area contributed by atoms with Gasteiger partial charge < -0.3 is 43.5 Å². The van der Waals surface area contributed by atoms with E-state index in [0.717, 1.165) is 50.5 Å². The highest BCUT2D eigenvalue weighted by Crippen LogP contribution is 2.55. The topological polar surface area (TPSA) is 133 Å². The van der Waals surface area contributed by atoms with Gasteiger partial charge in [0.25, 0.3) is 0 Å². The van der Waals surface area contributed by atoms with E-state index >= 15 is 0 Å². The zero-order valence-corrected chi connectivity index (χ0v) is 34.2. The fourth-order valence-electron chi connectivity index (χ4n) is 9.97. The Bertz CT molecular complexity index is 1220. The molecule has 2 N–H and O–H groups in total. The quantitative estimate of drug-likeness (QED) is 0.259. The van der Waals surface area contributed by atoms with E-state index in [2.05, 4.69) is 37.8 Å². The minimum atomic E-state index is -0.966. The Morgan fingerprint density at radius 1 is 0.774 bits per heavy atom. The number of hydrogen-bond donors (Lipinski definition) is 2. The molecule has 3 heterocycles. The van der Waals surface area contributed by atoms with Crippen molar-refractivity contribution in [2.75, 3.05) is 35.4 Å². The van der Waals surface area contributed by atoms with E-state index in [1.54, 1.807) is 14.2 Å². The third-order valence-electron chi connectivity index (χ3n) is 12.9. The number of likely N-dealkylation sites (N-methyl/N-ethyl adjacent to an activating group) is 1. The molecular weight excluding hydrogens is 678 g/mol. The Labute approximate surface area is 319 Å². The molecule has 15 atom stereocenters. The molecular formula is C42H71NO10. The van der Waals surface area contributed by atoms with Gasteiger partial charge in [0.1, 0.15) is 24.4 Å². The maximum Gasteiger partial charge on any atom is 0.306 e. The highest BCUT2D eigenvalue weighted by atomic mass is 16.7. The molecule has 0 aromatic carbocycles. The van der Waals surface area contributed by atoms with Gasteiger partial charge in [-0.2, -0.15) is 0 Å². The van der Waals surface area contributed by atoms with Crippen LogP contribution in [0.15, 0.2) is 23.3 Å². The molecule has 3 aliphatic carbocycles. The summed E-state index contributed by atoms with van der Waals surface area (Å²) in [6, 6.07) is 0.457. The van der Waals surface area contributed by atoms with Crippen LogP contribution in [-0.4, -0.2) is 118 Å². The lowest BCUT2D eigenvalue weighted by molar-refractivity contribution is -0.291. The van der Waals surface area contributed by atoms with Crippen LogP contribution in [0.25, 0.3) is 0 Å². The van der Waals surface area contributed by atoms with E-state index in [9.17, 15) is 14.7 Å². The third-order valence-corrected chi connectivity index (χ3v) is 12.9. The van der Waals surface area contributed by atoms with Crippen LogP contribution in [-0.2, 0) is 38.0 Å². The molecule has 0 bridgehead atoms. The molecule has 0 aromatic rings.